The van der Waals surface area contributed by atoms with Gasteiger partial charge >= 0.3 is 0 Å². The number of halogens is 2. The van der Waals surface area contributed by atoms with Gasteiger partial charge in [-0.15, -0.1) is 24.8 Å². The number of nitrogens with one attached hydrogen (secondary N) is 1. The summed E-state index contributed by atoms with van der Waals surface area (Å²) in [5.41, 5.74) is 1.09. The molecule has 0 saturated heterocycles. The third-order valence-electron chi connectivity index (χ3n) is 1.56. The molecule has 0 radical (unpaired) electrons. The number of nitrogens with zero attached hydrogens (tertiary/aromatic N) is 1. The lowest BCUT2D eigenvalue weighted by molar-refractivity contribution is 0.633. The molecule has 0 bridgehead atoms. The van der Waals surface area contributed by atoms with Crippen LogP contribution in [-0.2, 0) is 0 Å². The lowest BCUT2D eigenvalue weighted by atomic mass is 10.2. The number of aromatic nitrogens is 1. The minimum Gasteiger partial charge on any atom is -0.312 e. The van der Waals surface area contributed by atoms with Crippen molar-refractivity contribution in [3.05, 3.63) is 30.1 Å². The third kappa shape index (κ3) is 3.90. The number of hydrogen-bond donors (Lipinski definition) is 1. The smallest absolute Gasteiger partial charge is 0.0570 e. The molecule has 0 spiro atoms. The Morgan fingerprint density at radius 3 is 2.42 bits per heavy atom. The maximum atomic E-state index is 4.19. The normalized spacial score (nSPS) is 10.8. The molecular weight excluding hydrogens is 195 g/mol. The zero-order valence-corrected chi connectivity index (χ0v) is 8.78. The van der Waals surface area contributed by atoms with E-state index in [-0.39, 0.29) is 24.8 Å². The van der Waals surface area contributed by atoms with Gasteiger partial charge in [0.25, 0.3) is 0 Å². The predicted octanol–water partition coefficient (Wildman–Crippen LogP) is 2.21. The molecule has 0 saturated carbocycles. The number of hydrogen-bond acceptors (Lipinski definition) is 2. The summed E-state index contributed by atoms with van der Waals surface area (Å²) in [6.07, 6.45) is 1.81. The van der Waals surface area contributed by atoms with Gasteiger partial charge in [0, 0.05) is 12.2 Å². The minimum absolute atomic E-state index is 0. The first-order valence-corrected chi connectivity index (χ1v) is 3.43. The van der Waals surface area contributed by atoms with Crippen molar-refractivity contribution in [2.24, 2.45) is 0 Å². The second-order valence-electron chi connectivity index (χ2n) is 2.26. The Morgan fingerprint density at radius 1 is 1.33 bits per heavy atom. The van der Waals surface area contributed by atoms with E-state index in [4.69, 9.17) is 0 Å². The second-order valence-corrected chi connectivity index (χ2v) is 2.26. The van der Waals surface area contributed by atoms with Crippen molar-refractivity contribution >= 4 is 24.8 Å². The Morgan fingerprint density at radius 2 is 2.00 bits per heavy atom. The van der Waals surface area contributed by atoms with Crippen molar-refractivity contribution in [2.45, 2.75) is 13.0 Å². The Hall–Kier alpha value is -0.310. The van der Waals surface area contributed by atoms with E-state index >= 15 is 0 Å². The molecule has 0 fully saturated rings. The Balaban J connectivity index is 0. The van der Waals surface area contributed by atoms with Crippen LogP contribution in [0.1, 0.15) is 18.7 Å². The highest BCUT2D eigenvalue weighted by Gasteiger charge is 1.99. The van der Waals surface area contributed by atoms with Crippen LogP contribution in [0.3, 0.4) is 0 Å². The van der Waals surface area contributed by atoms with E-state index in [9.17, 15) is 0 Å². The van der Waals surface area contributed by atoms with E-state index in [0.29, 0.717) is 6.04 Å². The second kappa shape index (κ2) is 7.35. The first-order chi connectivity index (χ1) is 4.84. The summed E-state index contributed by atoms with van der Waals surface area (Å²) in [6.45, 7) is 2.09. The van der Waals surface area contributed by atoms with Crippen LogP contribution in [-0.4, -0.2) is 12.0 Å². The lowest BCUT2D eigenvalue weighted by Crippen LogP contribution is -2.13. The van der Waals surface area contributed by atoms with Crippen molar-refractivity contribution in [1.29, 1.82) is 0 Å². The molecule has 1 aromatic heterocycles. The molecule has 0 aliphatic carbocycles. The van der Waals surface area contributed by atoms with Gasteiger partial charge in [-0.3, -0.25) is 4.98 Å². The van der Waals surface area contributed by atoms with Gasteiger partial charge < -0.3 is 5.32 Å². The minimum atomic E-state index is 0. The fourth-order valence-electron chi connectivity index (χ4n) is 0.780. The van der Waals surface area contributed by atoms with Gasteiger partial charge in [-0.2, -0.15) is 0 Å². The van der Waals surface area contributed by atoms with Gasteiger partial charge in [-0.25, -0.2) is 0 Å². The van der Waals surface area contributed by atoms with Gasteiger partial charge in [0.1, 0.15) is 0 Å². The van der Waals surface area contributed by atoms with Crippen LogP contribution in [0.5, 0.6) is 0 Å². The average molecular weight is 209 g/mol. The molecule has 1 aromatic rings. The molecule has 0 aromatic carbocycles. The highest BCUT2D eigenvalue weighted by Crippen LogP contribution is 2.05. The molecule has 1 atom stereocenters. The van der Waals surface area contributed by atoms with Gasteiger partial charge in [-0.1, -0.05) is 6.07 Å². The van der Waals surface area contributed by atoms with E-state index in [2.05, 4.69) is 17.2 Å². The van der Waals surface area contributed by atoms with Crippen LogP contribution in [0.2, 0.25) is 0 Å². The zero-order chi connectivity index (χ0) is 7.40. The summed E-state index contributed by atoms with van der Waals surface area (Å²) in [4.78, 5) is 4.19. The van der Waals surface area contributed by atoms with Crippen LogP contribution >= 0.6 is 24.8 Å². The average Bonchev–Trinajstić information content (AvgIpc) is 2.05. The molecule has 1 rings (SSSR count). The largest absolute Gasteiger partial charge is 0.312 e. The highest BCUT2D eigenvalue weighted by molar-refractivity contribution is 5.85. The molecule has 0 unspecified atom stereocenters. The Bertz CT molecular complexity index is 192. The highest BCUT2D eigenvalue weighted by atomic mass is 35.5. The SMILES string of the molecule is CN[C@@H](C)c1ccccn1.Cl.Cl. The fourth-order valence-corrected chi connectivity index (χ4v) is 0.780. The summed E-state index contributed by atoms with van der Waals surface area (Å²) in [5, 5.41) is 3.12. The summed E-state index contributed by atoms with van der Waals surface area (Å²) in [7, 11) is 1.93. The van der Waals surface area contributed by atoms with Crippen molar-refractivity contribution in [3.63, 3.8) is 0 Å². The van der Waals surface area contributed by atoms with Crippen molar-refractivity contribution in [1.82, 2.24) is 10.3 Å². The van der Waals surface area contributed by atoms with Gasteiger partial charge in [0.05, 0.1) is 5.69 Å². The van der Waals surface area contributed by atoms with Crippen LogP contribution in [0.15, 0.2) is 24.4 Å². The van der Waals surface area contributed by atoms with Crippen LogP contribution in [0.4, 0.5) is 0 Å². The first kappa shape index (κ1) is 14.2. The maximum absolute atomic E-state index is 4.19. The van der Waals surface area contributed by atoms with Crippen LogP contribution in [0, 0.1) is 0 Å². The van der Waals surface area contributed by atoms with Crippen molar-refractivity contribution in [3.8, 4) is 0 Å². The van der Waals surface area contributed by atoms with Crippen LogP contribution in [0.25, 0.3) is 0 Å². The van der Waals surface area contributed by atoms with Gasteiger partial charge in [0.15, 0.2) is 0 Å². The van der Waals surface area contributed by atoms with Crippen molar-refractivity contribution < 1.29 is 0 Å². The Kier molecular flexibility index (Phi) is 8.71. The monoisotopic (exact) mass is 208 g/mol. The van der Waals surface area contributed by atoms with E-state index in [0.717, 1.165) is 5.69 Å². The topological polar surface area (TPSA) is 24.9 Å². The van der Waals surface area contributed by atoms with Gasteiger partial charge in [0.2, 0.25) is 0 Å². The summed E-state index contributed by atoms with van der Waals surface area (Å²) >= 11 is 0. The van der Waals surface area contributed by atoms with Crippen molar-refractivity contribution in [2.75, 3.05) is 7.05 Å². The first-order valence-electron chi connectivity index (χ1n) is 3.43. The van der Waals surface area contributed by atoms with E-state index in [1.165, 1.54) is 0 Å². The number of rotatable bonds is 2. The standard InChI is InChI=1S/C8H12N2.2ClH/c1-7(9-2)8-5-3-4-6-10-8;;/h3-7,9H,1-2H3;2*1H/t7-;;/m0../s1. The fraction of sp³-hybridized carbons (Fsp3) is 0.375. The molecule has 2 nitrogen and oxygen atoms in total. The third-order valence-corrected chi connectivity index (χ3v) is 1.56. The zero-order valence-electron chi connectivity index (χ0n) is 7.15. The number of pyridine rings is 1. The molecule has 70 valence electrons. The molecule has 0 aliphatic rings. The van der Waals surface area contributed by atoms with Crippen LogP contribution < -0.4 is 5.32 Å². The van der Waals surface area contributed by atoms with Gasteiger partial charge in [-0.05, 0) is 26.1 Å². The summed E-state index contributed by atoms with van der Waals surface area (Å²) in [6, 6.07) is 6.28. The predicted molar refractivity (Wildman–Crippen MR) is 56.2 cm³/mol. The lowest BCUT2D eigenvalue weighted by Gasteiger charge is -2.07. The van der Waals surface area contributed by atoms with E-state index < -0.39 is 0 Å². The molecule has 0 amide bonds. The summed E-state index contributed by atoms with van der Waals surface area (Å²) in [5.74, 6) is 0. The van der Waals surface area contributed by atoms with E-state index in [1.54, 1.807) is 0 Å². The molecule has 1 N–H and O–H groups in total. The quantitative estimate of drug-likeness (QED) is 0.807. The molecule has 4 heteroatoms. The Labute approximate surface area is 85.6 Å². The summed E-state index contributed by atoms with van der Waals surface area (Å²) < 4.78 is 0. The van der Waals surface area contributed by atoms with E-state index in [1.807, 2.05) is 31.4 Å². The molecular formula is C8H14Cl2N2. The molecule has 1 heterocycles. The molecule has 12 heavy (non-hydrogen) atoms. The molecule has 0 aliphatic heterocycles. The maximum Gasteiger partial charge on any atom is 0.0570 e.